The SMILES string of the molecule is Cn1nc(C2(C)CCCCC2)c(-c2ccccc2Cl)c1N. The van der Waals surface area contributed by atoms with Crippen molar-refractivity contribution in [2.45, 2.75) is 44.4 Å². The number of rotatable bonds is 2. The van der Waals surface area contributed by atoms with Crippen LogP contribution in [0.15, 0.2) is 24.3 Å². The van der Waals surface area contributed by atoms with E-state index in [4.69, 9.17) is 22.4 Å². The zero-order valence-electron chi connectivity index (χ0n) is 12.7. The molecule has 21 heavy (non-hydrogen) atoms. The molecule has 0 atom stereocenters. The molecule has 1 aliphatic rings. The first kappa shape index (κ1) is 14.5. The lowest BCUT2D eigenvalue weighted by Crippen LogP contribution is -2.26. The Labute approximate surface area is 131 Å². The molecule has 2 aromatic rings. The van der Waals surface area contributed by atoms with Crippen LogP contribution in [0, 0.1) is 0 Å². The first-order valence-electron chi connectivity index (χ1n) is 7.61. The number of hydrogen-bond donors (Lipinski definition) is 1. The molecular weight excluding hydrogens is 282 g/mol. The van der Waals surface area contributed by atoms with Gasteiger partial charge in [0.05, 0.1) is 5.69 Å². The van der Waals surface area contributed by atoms with E-state index in [0.29, 0.717) is 5.82 Å². The second-order valence-electron chi connectivity index (χ2n) is 6.33. The van der Waals surface area contributed by atoms with Crippen molar-refractivity contribution in [2.24, 2.45) is 7.05 Å². The van der Waals surface area contributed by atoms with Crippen LogP contribution in [0.25, 0.3) is 11.1 Å². The maximum absolute atomic E-state index is 6.40. The van der Waals surface area contributed by atoms with Crippen molar-refractivity contribution in [2.75, 3.05) is 5.73 Å². The Morgan fingerprint density at radius 3 is 2.52 bits per heavy atom. The molecule has 3 rings (SSSR count). The highest BCUT2D eigenvalue weighted by Gasteiger charge is 2.35. The molecule has 0 saturated heterocycles. The number of hydrogen-bond acceptors (Lipinski definition) is 2. The molecule has 1 aromatic carbocycles. The Morgan fingerprint density at radius 1 is 1.19 bits per heavy atom. The summed E-state index contributed by atoms with van der Waals surface area (Å²) >= 11 is 6.40. The van der Waals surface area contributed by atoms with Crippen molar-refractivity contribution in [3.05, 3.63) is 35.0 Å². The molecule has 0 spiro atoms. The van der Waals surface area contributed by atoms with Gasteiger partial charge in [0.2, 0.25) is 0 Å². The summed E-state index contributed by atoms with van der Waals surface area (Å²) in [4.78, 5) is 0. The van der Waals surface area contributed by atoms with Gasteiger partial charge in [-0.05, 0) is 18.9 Å². The summed E-state index contributed by atoms with van der Waals surface area (Å²) in [5.74, 6) is 0.699. The minimum Gasteiger partial charge on any atom is -0.383 e. The minimum atomic E-state index is 0.0993. The number of anilines is 1. The number of aromatic nitrogens is 2. The second-order valence-corrected chi connectivity index (χ2v) is 6.74. The Hall–Kier alpha value is -1.48. The van der Waals surface area contributed by atoms with Crippen LogP contribution >= 0.6 is 11.6 Å². The molecule has 0 amide bonds. The number of aryl methyl sites for hydroxylation is 1. The average molecular weight is 304 g/mol. The summed E-state index contributed by atoms with van der Waals surface area (Å²) in [6.45, 7) is 2.31. The molecule has 2 N–H and O–H groups in total. The lowest BCUT2D eigenvalue weighted by atomic mass is 9.72. The Balaban J connectivity index is 2.19. The van der Waals surface area contributed by atoms with E-state index >= 15 is 0 Å². The molecule has 112 valence electrons. The van der Waals surface area contributed by atoms with Crippen molar-refractivity contribution in [3.8, 4) is 11.1 Å². The van der Waals surface area contributed by atoms with Gasteiger partial charge in [-0.3, -0.25) is 4.68 Å². The first-order valence-corrected chi connectivity index (χ1v) is 7.98. The fourth-order valence-corrected chi connectivity index (χ4v) is 3.69. The molecule has 0 unspecified atom stereocenters. The monoisotopic (exact) mass is 303 g/mol. The normalized spacial score (nSPS) is 17.9. The van der Waals surface area contributed by atoms with Crippen LogP contribution in [0.3, 0.4) is 0 Å². The largest absolute Gasteiger partial charge is 0.383 e. The maximum atomic E-state index is 6.40. The van der Waals surface area contributed by atoms with Gasteiger partial charge in [0.15, 0.2) is 0 Å². The van der Waals surface area contributed by atoms with Gasteiger partial charge in [-0.25, -0.2) is 0 Å². The highest BCUT2D eigenvalue weighted by Crippen LogP contribution is 2.45. The van der Waals surface area contributed by atoms with Crippen molar-refractivity contribution < 1.29 is 0 Å². The zero-order chi connectivity index (χ0) is 15.0. The summed E-state index contributed by atoms with van der Waals surface area (Å²) in [6, 6.07) is 7.89. The summed E-state index contributed by atoms with van der Waals surface area (Å²) < 4.78 is 1.79. The molecule has 1 aliphatic carbocycles. The fourth-order valence-electron chi connectivity index (χ4n) is 3.46. The summed E-state index contributed by atoms with van der Waals surface area (Å²) in [5, 5.41) is 5.49. The summed E-state index contributed by atoms with van der Waals surface area (Å²) in [5.41, 5.74) is 9.53. The molecule has 0 radical (unpaired) electrons. The van der Waals surface area contributed by atoms with E-state index in [2.05, 4.69) is 6.92 Å². The lowest BCUT2D eigenvalue weighted by Gasteiger charge is -2.33. The predicted octanol–water partition coefficient (Wildman–Crippen LogP) is 4.54. The summed E-state index contributed by atoms with van der Waals surface area (Å²) in [6.07, 6.45) is 6.17. The molecular formula is C17H22ClN3. The Kier molecular flexibility index (Phi) is 3.70. The van der Waals surface area contributed by atoms with Gasteiger partial charge >= 0.3 is 0 Å². The van der Waals surface area contributed by atoms with Crippen molar-refractivity contribution >= 4 is 17.4 Å². The standard InChI is InChI=1S/C17H22ClN3/c1-17(10-6-3-7-11-17)15-14(16(19)21(2)20-15)12-8-4-5-9-13(12)18/h4-5,8-9H,3,6-7,10-11,19H2,1-2H3. The summed E-state index contributed by atoms with van der Waals surface area (Å²) in [7, 11) is 1.91. The van der Waals surface area contributed by atoms with E-state index in [1.54, 1.807) is 4.68 Å². The first-order chi connectivity index (χ1) is 10.0. The molecule has 1 heterocycles. The van der Waals surface area contributed by atoms with Gasteiger partial charge < -0.3 is 5.73 Å². The van der Waals surface area contributed by atoms with Crippen molar-refractivity contribution in [1.82, 2.24) is 9.78 Å². The van der Waals surface area contributed by atoms with E-state index in [1.165, 1.54) is 32.1 Å². The Bertz CT molecular complexity index is 654. The molecule has 1 saturated carbocycles. The molecule has 4 heteroatoms. The average Bonchev–Trinajstić information content (AvgIpc) is 2.77. The molecule has 0 aliphatic heterocycles. The third kappa shape index (κ3) is 2.44. The van der Waals surface area contributed by atoms with E-state index < -0.39 is 0 Å². The quantitative estimate of drug-likeness (QED) is 0.885. The van der Waals surface area contributed by atoms with Gasteiger partial charge in [0, 0.05) is 28.6 Å². The van der Waals surface area contributed by atoms with Crippen LogP contribution < -0.4 is 5.73 Å². The second kappa shape index (κ2) is 5.38. The number of nitrogens with two attached hydrogens (primary N) is 1. The van der Waals surface area contributed by atoms with Crippen LogP contribution in [0.5, 0.6) is 0 Å². The third-order valence-electron chi connectivity index (χ3n) is 4.76. The highest BCUT2D eigenvalue weighted by molar-refractivity contribution is 6.33. The fraction of sp³-hybridized carbons (Fsp3) is 0.471. The van der Waals surface area contributed by atoms with E-state index in [1.807, 2.05) is 31.3 Å². The number of halogens is 1. The third-order valence-corrected chi connectivity index (χ3v) is 5.09. The number of nitrogen functional groups attached to an aromatic ring is 1. The maximum Gasteiger partial charge on any atom is 0.129 e. The van der Waals surface area contributed by atoms with Gasteiger partial charge in [-0.2, -0.15) is 5.10 Å². The topological polar surface area (TPSA) is 43.8 Å². The Morgan fingerprint density at radius 2 is 1.86 bits per heavy atom. The molecule has 0 bridgehead atoms. The molecule has 3 nitrogen and oxygen atoms in total. The van der Waals surface area contributed by atoms with Crippen LogP contribution in [0.4, 0.5) is 5.82 Å². The van der Waals surface area contributed by atoms with Crippen LogP contribution in [0.1, 0.15) is 44.7 Å². The number of benzene rings is 1. The lowest BCUT2D eigenvalue weighted by molar-refractivity contribution is 0.311. The predicted molar refractivity (Wildman–Crippen MR) is 88.5 cm³/mol. The zero-order valence-corrected chi connectivity index (χ0v) is 13.5. The van der Waals surface area contributed by atoms with Gasteiger partial charge in [0.1, 0.15) is 5.82 Å². The molecule has 1 fully saturated rings. The number of nitrogens with zero attached hydrogens (tertiary/aromatic N) is 2. The minimum absolute atomic E-state index is 0.0993. The van der Waals surface area contributed by atoms with Crippen LogP contribution in [-0.2, 0) is 12.5 Å². The van der Waals surface area contributed by atoms with Gasteiger partial charge in [0.25, 0.3) is 0 Å². The molecule has 1 aromatic heterocycles. The van der Waals surface area contributed by atoms with E-state index in [-0.39, 0.29) is 5.41 Å². The van der Waals surface area contributed by atoms with Gasteiger partial charge in [-0.1, -0.05) is 56.0 Å². The van der Waals surface area contributed by atoms with E-state index in [0.717, 1.165) is 21.8 Å². The van der Waals surface area contributed by atoms with Crippen molar-refractivity contribution in [1.29, 1.82) is 0 Å². The van der Waals surface area contributed by atoms with Gasteiger partial charge in [-0.15, -0.1) is 0 Å². The van der Waals surface area contributed by atoms with E-state index in [9.17, 15) is 0 Å². The van der Waals surface area contributed by atoms with Crippen LogP contribution in [-0.4, -0.2) is 9.78 Å². The van der Waals surface area contributed by atoms with Crippen molar-refractivity contribution in [3.63, 3.8) is 0 Å². The highest BCUT2D eigenvalue weighted by atomic mass is 35.5. The smallest absolute Gasteiger partial charge is 0.129 e. The van der Waals surface area contributed by atoms with Crippen LogP contribution in [0.2, 0.25) is 5.02 Å².